The third kappa shape index (κ3) is 5.17. The molecule has 7 nitrogen and oxygen atoms in total. The summed E-state index contributed by atoms with van der Waals surface area (Å²) in [4.78, 5) is 12.0. The van der Waals surface area contributed by atoms with E-state index in [0.717, 1.165) is 16.4 Å². The van der Waals surface area contributed by atoms with Crippen molar-refractivity contribution in [2.75, 3.05) is 37.9 Å². The van der Waals surface area contributed by atoms with Gasteiger partial charge in [0, 0.05) is 31.5 Å². The van der Waals surface area contributed by atoms with Crippen LogP contribution in [0.2, 0.25) is 0 Å². The highest BCUT2D eigenvalue weighted by molar-refractivity contribution is 7.89. The van der Waals surface area contributed by atoms with E-state index in [1.807, 2.05) is 0 Å². The number of hydrogen-bond donors (Lipinski definition) is 2. The van der Waals surface area contributed by atoms with E-state index in [4.69, 9.17) is 4.74 Å². The van der Waals surface area contributed by atoms with Crippen molar-refractivity contribution in [2.45, 2.75) is 11.8 Å². The summed E-state index contributed by atoms with van der Waals surface area (Å²) < 4.78 is 57.5. The summed E-state index contributed by atoms with van der Waals surface area (Å²) in [6.07, 6.45) is 0. The summed E-state index contributed by atoms with van der Waals surface area (Å²) in [5.41, 5.74) is 0.484. The van der Waals surface area contributed by atoms with Gasteiger partial charge in [-0.25, -0.2) is 21.5 Å². The zero-order valence-electron chi connectivity index (χ0n) is 15.6. The first-order valence-electron chi connectivity index (χ1n) is 8.33. The predicted molar refractivity (Wildman–Crippen MR) is 102 cm³/mol. The molecule has 2 aromatic rings. The maximum atomic E-state index is 13.2. The smallest absolute Gasteiger partial charge is 0.246 e. The van der Waals surface area contributed by atoms with Crippen LogP contribution in [-0.2, 0) is 14.8 Å². The number of rotatable bonds is 8. The van der Waals surface area contributed by atoms with Crippen molar-refractivity contribution < 1.29 is 26.7 Å². The fraction of sp³-hybridized carbons (Fsp3) is 0.278. The molecule has 0 radical (unpaired) electrons. The molecule has 2 aromatic carbocycles. The molecule has 0 fully saturated rings. The van der Waals surface area contributed by atoms with Gasteiger partial charge in [-0.2, -0.15) is 0 Å². The Labute approximate surface area is 162 Å². The normalized spacial score (nSPS) is 11.4. The highest BCUT2D eigenvalue weighted by Crippen LogP contribution is 2.29. The molecule has 2 N–H and O–H groups in total. The zero-order chi connectivity index (χ0) is 20.9. The Morgan fingerprint density at radius 2 is 1.75 bits per heavy atom. The van der Waals surface area contributed by atoms with E-state index in [2.05, 4.69) is 10.6 Å². The maximum absolute atomic E-state index is 13.2. The number of benzene rings is 2. The van der Waals surface area contributed by atoms with E-state index < -0.39 is 27.6 Å². The third-order valence-electron chi connectivity index (χ3n) is 3.66. The van der Waals surface area contributed by atoms with Crippen LogP contribution in [0.1, 0.15) is 6.92 Å². The monoisotopic (exact) mass is 413 g/mol. The number of sulfonamides is 1. The summed E-state index contributed by atoms with van der Waals surface area (Å²) in [7, 11) is -0.951. The highest BCUT2D eigenvalue weighted by Gasteiger charge is 2.23. The molecule has 2 rings (SSSR count). The molecule has 10 heteroatoms. The molecule has 152 valence electrons. The second kappa shape index (κ2) is 8.98. The predicted octanol–water partition coefficient (Wildman–Crippen LogP) is 2.66. The molecule has 28 heavy (non-hydrogen) atoms. The largest absolute Gasteiger partial charge is 0.492 e. The van der Waals surface area contributed by atoms with E-state index in [-0.39, 0.29) is 22.9 Å². The number of carbonyl (C=O) groups is 1. The maximum Gasteiger partial charge on any atom is 0.246 e. The van der Waals surface area contributed by atoms with Crippen LogP contribution in [0, 0.1) is 11.6 Å². The molecule has 0 aliphatic heterocycles. The molecule has 0 atom stereocenters. The van der Waals surface area contributed by atoms with Crippen LogP contribution in [0.25, 0.3) is 0 Å². The van der Waals surface area contributed by atoms with E-state index in [0.29, 0.717) is 12.3 Å². The molecule has 0 aromatic heterocycles. The van der Waals surface area contributed by atoms with Crippen LogP contribution in [0.4, 0.5) is 20.2 Å². The fourth-order valence-corrected chi connectivity index (χ4v) is 3.30. The standard InChI is InChI=1S/C18H21F2N3O4S/c1-4-27-16-8-6-12(10-17(16)28(25,26)23(2)3)21-11-18(24)22-13-5-7-14(19)15(20)9-13/h5-10,21H,4,11H2,1-3H3,(H,22,24). The Morgan fingerprint density at radius 1 is 1.07 bits per heavy atom. The van der Waals surface area contributed by atoms with Crippen LogP contribution in [-0.4, -0.2) is 45.9 Å². The van der Waals surface area contributed by atoms with Gasteiger partial charge in [-0.05, 0) is 37.3 Å². The Hall–Kier alpha value is -2.72. The van der Waals surface area contributed by atoms with Crippen molar-refractivity contribution >= 4 is 27.3 Å². The molecular formula is C18H21F2N3O4S. The number of anilines is 2. The minimum absolute atomic E-state index is 0.0367. The Morgan fingerprint density at radius 3 is 2.36 bits per heavy atom. The molecule has 0 saturated carbocycles. The van der Waals surface area contributed by atoms with Gasteiger partial charge in [0.05, 0.1) is 13.2 Å². The molecule has 0 heterocycles. The first-order valence-corrected chi connectivity index (χ1v) is 9.77. The van der Waals surface area contributed by atoms with E-state index in [9.17, 15) is 22.0 Å². The SMILES string of the molecule is CCOc1ccc(NCC(=O)Nc2ccc(F)c(F)c2)cc1S(=O)(=O)N(C)C. The minimum Gasteiger partial charge on any atom is -0.492 e. The lowest BCUT2D eigenvalue weighted by Crippen LogP contribution is -2.24. The molecule has 0 unspecified atom stereocenters. The van der Waals surface area contributed by atoms with Gasteiger partial charge in [0.15, 0.2) is 11.6 Å². The molecule has 0 aliphatic rings. The molecule has 0 aliphatic carbocycles. The van der Waals surface area contributed by atoms with E-state index in [1.54, 1.807) is 13.0 Å². The summed E-state index contributed by atoms with van der Waals surface area (Å²) in [5, 5.41) is 5.21. The third-order valence-corrected chi connectivity index (χ3v) is 5.49. The van der Waals surface area contributed by atoms with Crippen molar-refractivity contribution in [2.24, 2.45) is 0 Å². The van der Waals surface area contributed by atoms with Gasteiger partial charge in [-0.15, -0.1) is 0 Å². The lowest BCUT2D eigenvalue weighted by atomic mass is 10.3. The number of hydrogen-bond acceptors (Lipinski definition) is 5. The van der Waals surface area contributed by atoms with Crippen LogP contribution >= 0.6 is 0 Å². The first-order chi connectivity index (χ1) is 13.1. The summed E-state index contributed by atoms with van der Waals surface area (Å²) >= 11 is 0. The second-order valence-electron chi connectivity index (χ2n) is 5.91. The van der Waals surface area contributed by atoms with Crippen LogP contribution in [0.15, 0.2) is 41.3 Å². The van der Waals surface area contributed by atoms with Gasteiger partial charge < -0.3 is 15.4 Å². The van der Waals surface area contributed by atoms with Crippen LogP contribution in [0.5, 0.6) is 5.75 Å². The van der Waals surface area contributed by atoms with Crippen molar-refractivity contribution in [1.29, 1.82) is 0 Å². The van der Waals surface area contributed by atoms with E-state index >= 15 is 0 Å². The summed E-state index contributed by atoms with van der Waals surface area (Å²) in [6, 6.07) is 7.44. The topological polar surface area (TPSA) is 87.7 Å². The number of carbonyl (C=O) groups excluding carboxylic acids is 1. The van der Waals surface area contributed by atoms with Gasteiger partial charge in [0.25, 0.3) is 0 Å². The Balaban J connectivity index is 2.13. The van der Waals surface area contributed by atoms with Crippen LogP contribution < -0.4 is 15.4 Å². The Bertz CT molecular complexity index is 965. The number of nitrogens with zero attached hydrogens (tertiary/aromatic N) is 1. The second-order valence-corrected chi connectivity index (χ2v) is 8.03. The van der Waals surface area contributed by atoms with Gasteiger partial charge in [0.2, 0.25) is 15.9 Å². The first kappa shape index (κ1) is 21.6. The van der Waals surface area contributed by atoms with Gasteiger partial charge in [0.1, 0.15) is 10.6 Å². The lowest BCUT2D eigenvalue weighted by Gasteiger charge is -2.17. The molecule has 0 spiro atoms. The van der Waals surface area contributed by atoms with Gasteiger partial charge >= 0.3 is 0 Å². The van der Waals surface area contributed by atoms with Crippen molar-refractivity contribution in [3.05, 3.63) is 48.0 Å². The quantitative estimate of drug-likeness (QED) is 0.695. The average molecular weight is 413 g/mol. The minimum atomic E-state index is -3.76. The average Bonchev–Trinajstić information content (AvgIpc) is 2.64. The van der Waals surface area contributed by atoms with E-state index in [1.165, 1.54) is 32.3 Å². The number of ether oxygens (including phenoxy) is 1. The summed E-state index contributed by atoms with van der Waals surface area (Å²) in [6.45, 7) is 1.81. The molecular weight excluding hydrogens is 392 g/mol. The number of halogens is 2. The molecule has 1 amide bonds. The van der Waals surface area contributed by atoms with Gasteiger partial charge in [-0.3, -0.25) is 4.79 Å². The van der Waals surface area contributed by atoms with Crippen molar-refractivity contribution in [1.82, 2.24) is 4.31 Å². The lowest BCUT2D eigenvalue weighted by molar-refractivity contribution is -0.114. The van der Waals surface area contributed by atoms with Crippen molar-refractivity contribution in [3.8, 4) is 5.75 Å². The van der Waals surface area contributed by atoms with Crippen LogP contribution in [0.3, 0.4) is 0 Å². The highest BCUT2D eigenvalue weighted by atomic mass is 32.2. The molecule has 0 saturated heterocycles. The zero-order valence-corrected chi connectivity index (χ0v) is 16.4. The molecule has 0 bridgehead atoms. The number of nitrogens with one attached hydrogen (secondary N) is 2. The fourth-order valence-electron chi connectivity index (χ4n) is 2.25. The van der Waals surface area contributed by atoms with Crippen molar-refractivity contribution in [3.63, 3.8) is 0 Å². The summed E-state index contributed by atoms with van der Waals surface area (Å²) in [5.74, 6) is -2.40. The Kier molecular flexibility index (Phi) is 6.92. The number of amides is 1. The van der Waals surface area contributed by atoms with Gasteiger partial charge in [-0.1, -0.05) is 0 Å².